The molecule has 0 amide bonds. The Kier molecular flexibility index (Phi) is 4.07. The van der Waals surface area contributed by atoms with Crippen LogP contribution in [0.25, 0.3) is 0 Å². The molecule has 1 aromatic carbocycles. The third-order valence-electron chi connectivity index (χ3n) is 1.60. The van der Waals surface area contributed by atoms with Gasteiger partial charge in [0.1, 0.15) is 5.70 Å². The summed E-state index contributed by atoms with van der Waals surface area (Å²) < 4.78 is 0.762. The number of carbonyl (C=O) groups is 2. The van der Waals surface area contributed by atoms with E-state index in [4.69, 9.17) is 10.2 Å². The molecule has 0 unspecified atom stereocenters. The average Bonchev–Trinajstić information content (AvgIpc) is 2.15. The molecule has 0 aliphatic carbocycles. The molecule has 0 fully saturated rings. The number of nitrogens with one attached hydrogen (secondary N) is 1. The van der Waals surface area contributed by atoms with Gasteiger partial charge in [-0.25, -0.2) is 9.59 Å². The lowest BCUT2D eigenvalue weighted by Crippen LogP contribution is -2.12. The van der Waals surface area contributed by atoms with Gasteiger partial charge in [-0.3, -0.25) is 0 Å². The molecule has 0 radical (unpaired) electrons. The van der Waals surface area contributed by atoms with Crippen molar-refractivity contribution in [2.45, 2.75) is 0 Å². The quantitative estimate of drug-likeness (QED) is 0.736. The zero-order valence-corrected chi connectivity index (χ0v) is 9.56. The zero-order chi connectivity index (χ0) is 12.1. The smallest absolute Gasteiger partial charge is 0.352 e. The highest BCUT2D eigenvalue weighted by Gasteiger charge is 2.09. The number of rotatable bonds is 4. The van der Waals surface area contributed by atoms with E-state index in [1.807, 2.05) is 0 Å². The third-order valence-corrected chi connectivity index (χ3v) is 2.10. The number of hydrogen-bond acceptors (Lipinski definition) is 3. The largest absolute Gasteiger partial charge is 0.478 e. The summed E-state index contributed by atoms with van der Waals surface area (Å²) in [5.74, 6) is -2.65. The van der Waals surface area contributed by atoms with Crippen LogP contribution in [0.1, 0.15) is 0 Å². The van der Waals surface area contributed by atoms with E-state index in [0.717, 1.165) is 4.47 Å². The van der Waals surface area contributed by atoms with Crippen LogP contribution in [-0.4, -0.2) is 22.2 Å². The summed E-state index contributed by atoms with van der Waals surface area (Å²) >= 11 is 3.22. The Hall–Kier alpha value is -1.82. The van der Waals surface area contributed by atoms with Crippen LogP contribution >= 0.6 is 15.9 Å². The highest BCUT2D eigenvalue weighted by Crippen LogP contribution is 2.17. The molecule has 5 nitrogen and oxygen atoms in total. The average molecular weight is 286 g/mol. The topological polar surface area (TPSA) is 86.6 Å². The second kappa shape index (κ2) is 5.32. The molecule has 6 heteroatoms. The van der Waals surface area contributed by atoms with Crippen LogP contribution in [0.3, 0.4) is 0 Å². The van der Waals surface area contributed by atoms with E-state index in [0.29, 0.717) is 11.8 Å². The Morgan fingerprint density at radius 2 is 2.00 bits per heavy atom. The number of aliphatic carboxylic acids is 2. The fraction of sp³-hybridized carbons (Fsp3) is 0. The van der Waals surface area contributed by atoms with Crippen LogP contribution in [-0.2, 0) is 9.59 Å². The van der Waals surface area contributed by atoms with E-state index in [1.54, 1.807) is 24.3 Å². The first-order valence-corrected chi connectivity index (χ1v) is 4.99. The van der Waals surface area contributed by atoms with Gasteiger partial charge < -0.3 is 15.5 Å². The maximum Gasteiger partial charge on any atom is 0.352 e. The Morgan fingerprint density at radius 1 is 1.31 bits per heavy atom. The van der Waals surface area contributed by atoms with Crippen LogP contribution in [0.15, 0.2) is 40.5 Å². The molecule has 0 saturated carbocycles. The van der Waals surface area contributed by atoms with Gasteiger partial charge in [0.25, 0.3) is 0 Å². The van der Waals surface area contributed by atoms with E-state index >= 15 is 0 Å². The second-order valence-corrected chi connectivity index (χ2v) is 3.75. The molecule has 0 bridgehead atoms. The normalized spacial score (nSPS) is 10.9. The molecule has 0 aliphatic heterocycles. The van der Waals surface area contributed by atoms with Gasteiger partial charge in [0.2, 0.25) is 0 Å². The summed E-state index contributed by atoms with van der Waals surface area (Å²) in [6.07, 6.45) is 0.600. The van der Waals surface area contributed by atoms with E-state index < -0.39 is 17.6 Å². The van der Waals surface area contributed by atoms with Gasteiger partial charge in [0, 0.05) is 10.2 Å². The monoisotopic (exact) mass is 285 g/mol. The maximum absolute atomic E-state index is 10.7. The predicted octanol–water partition coefficient (Wildman–Crippen LogP) is 1.91. The van der Waals surface area contributed by atoms with Gasteiger partial charge in [0.05, 0.1) is 6.08 Å². The van der Waals surface area contributed by atoms with Crippen molar-refractivity contribution >= 4 is 33.6 Å². The second-order valence-electron chi connectivity index (χ2n) is 2.84. The molecule has 3 N–H and O–H groups in total. The van der Waals surface area contributed by atoms with Crippen molar-refractivity contribution in [3.8, 4) is 0 Å². The molecule has 84 valence electrons. The maximum atomic E-state index is 10.7. The number of anilines is 1. The van der Waals surface area contributed by atoms with E-state index in [2.05, 4.69) is 21.2 Å². The predicted molar refractivity (Wildman–Crippen MR) is 61.1 cm³/mol. The lowest BCUT2D eigenvalue weighted by atomic mass is 10.3. The van der Waals surface area contributed by atoms with Gasteiger partial charge in [-0.05, 0) is 18.2 Å². The molecule has 0 heterocycles. The first kappa shape index (κ1) is 12.3. The van der Waals surface area contributed by atoms with Crippen LogP contribution in [0, 0.1) is 0 Å². The first-order valence-electron chi connectivity index (χ1n) is 4.19. The van der Waals surface area contributed by atoms with Crippen molar-refractivity contribution < 1.29 is 19.8 Å². The standard InChI is InChI=1S/C10H8BrNO4/c11-6-2-1-3-7(4-6)12-8(10(15)16)5-9(13)14/h1-5,12H,(H,13,14)(H,15,16)/b8-5-. The molecule has 0 aliphatic rings. The van der Waals surface area contributed by atoms with Crippen molar-refractivity contribution in [3.63, 3.8) is 0 Å². The summed E-state index contributed by atoms with van der Waals surface area (Å²) in [6.45, 7) is 0. The minimum atomic E-state index is -1.33. The zero-order valence-electron chi connectivity index (χ0n) is 7.98. The van der Waals surface area contributed by atoms with E-state index in [1.165, 1.54) is 0 Å². The van der Waals surface area contributed by atoms with E-state index in [9.17, 15) is 9.59 Å². The van der Waals surface area contributed by atoms with Gasteiger partial charge >= 0.3 is 11.9 Å². The van der Waals surface area contributed by atoms with Crippen LogP contribution < -0.4 is 5.32 Å². The van der Waals surface area contributed by atoms with Gasteiger partial charge in [-0.2, -0.15) is 0 Å². The Bertz CT molecular complexity index is 456. The van der Waals surface area contributed by atoms with E-state index in [-0.39, 0.29) is 0 Å². The lowest BCUT2D eigenvalue weighted by Gasteiger charge is -2.06. The Balaban J connectivity index is 2.93. The van der Waals surface area contributed by atoms with Crippen LogP contribution in [0.2, 0.25) is 0 Å². The summed E-state index contributed by atoms with van der Waals surface area (Å²) in [5.41, 5.74) is 0.0925. The van der Waals surface area contributed by atoms with Crippen molar-refractivity contribution in [1.82, 2.24) is 0 Å². The summed E-state index contributed by atoms with van der Waals surface area (Å²) in [6, 6.07) is 6.74. The van der Waals surface area contributed by atoms with Crippen molar-refractivity contribution in [3.05, 3.63) is 40.5 Å². The molecule has 1 aromatic rings. The van der Waals surface area contributed by atoms with Gasteiger partial charge in [0.15, 0.2) is 0 Å². The summed E-state index contributed by atoms with van der Waals surface area (Å²) in [7, 11) is 0. The summed E-state index contributed by atoms with van der Waals surface area (Å²) in [5, 5.41) is 19.7. The summed E-state index contributed by atoms with van der Waals surface area (Å²) in [4.78, 5) is 21.1. The third kappa shape index (κ3) is 3.74. The van der Waals surface area contributed by atoms with Crippen molar-refractivity contribution in [2.75, 3.05) is 5.32 Å². The number of carboxylic acid groups (broad SMARTS) is 2. The molecule has 1 rings (SSSR count). The molecule has 0 saturated heterocycles. The molecule has 16 heavy (non-hydrogen) atoms. The van der Waals surface area contributed by atoms with Crippen LogP contribution in [0.4, 0.5) is 5.69 Å². The first-order chi connectivity index (χ1) is 7.49. The molecule has 0 spiro atoms. The molecular formula is C10H8BrNO4. The highest BCUT2D eigenvalue weighted by molar-refractivity contribution is 9.10. The molecule has 0 aromatic heterocycles. The minimum absolute atomic E-state index is 0.398. The van der Waals surface area contributed by atoms with Crippen LogP contribution in [0.5, 0.6) is 0 Å². The lowest BCUT2D eigenvalue weighted by molar-refractivity contribution is -0.134. The van der Waals surface area contributed by atoms with Gasteiger partial charge in [-0.1, -0.05) is 22.0 Å². The molecule has 0 atom stereocenters. The molecular weight excluding hydrogens is 278 g/mol. The number of halogens is 1. The fourth-order valence-electron chi connectivity index (χ4n) is 0.997. The highest BCUT2D eigenvalue weighted by atomic mass is 79.9. The number of carboxylic acids is 2. The fourth-order valence-corrected chi connectivity index (χ4v) is 1.40. The number of benzene rings is 1. The van der Waals surface area contributed by atoms with Crippen molar-refractivity contribution in [2.24, 2.45) is 0 Å². The van der Waals surface area contributed by atoms with Crippen molar-refractivity contribution in [1.29, 1.82) is 0 Å². The minimum Gasteiger partial charge on any atom is -0.478 e. The Labute approximate surface area is 99.5 Å². The SMILES string of the molecule is O=C(O)/C=C(\Nc1cccc(Br)c1)C(=O)O. The Morgan fingerprint density at radius 3 is 2.50 bits per heavy atom. The van der Waals surface area contributed by atoms with Gasteiger partial charge in [-0.15, -0.1) is 0 Å². The number of hydrogen-bond donors (Lipinski definition) is 3.